The number of likely N-dealkylation sites (tertiary alicyclic amines) is 2. The lowest BCUT2D eigenvalue weighted by molar-refractivity contribution is -0.165. The van der Waals surface area contributed by atoms with Crippen molar-refractivity contribution < 1.29 is 14.3 Å². The molecule has 2 aliphatic rings. The van der Waals surface area contributed by atoms with Crippen LogP contribution in [0.15, 0.2) is 48.5 Å². The van der Waals surface area contributed by atoms with Gasteiger partial charge >= 0.3 is 0 Å². The predicted octanol–water partition coefficient (Wildman–Crippen LogP) is 2.85. The summed E-state index contributed by atoms with van der Waals surface area (Å²) in [6, 6.07) is 15.6. The second-order valence-electron chi connectivity index (χ2n) is 8.57. The first-order valence-electron chi connectivity index (χ1n) is 10.6. The largest absolute Gasteiger partial charge is 0.497 e. The Kier molecular flexibility index (Phi) is 4.68. The van der Waals surface area contributed by atoms with E-state index in [-0.39, 0.29) is 17.2 Å². The minimum Gasteiger partial charge on any atom is -0.497 e. The Balaban J connectivity index is 1.22. The van der Waals surface area contributed by atoms with Crippen molar-refractivity contribution in [1.29, 1.82) is 0 Å². The summed E-state index contributed by atoms with van der Waals surface area (Å²) in [5, 5.41) is 5.34. The van der Waals surface area contributed by atoms with Gasteiger partial charge in [-0.15, -0.1) is 0 Å². The molecule has 3 aromatic rings. The molecule has 2 saturated heterocycles. The van der Waals surface area contributed by atoms with E-state index in [1.807, 2.05) is 65.4 Å². The lowest BCUT2D eigenvalue weighted by Gasteiger charge is -2.52. The average molecular weight is 418 g/mol. The molecule has 0 bridgehead atoms. The molecule has 0 aliphatic carbocycles. The number of fused-ring (bicyclic) bond motifs is 1. The van der Waals surface area contributed by atoms with Gasteiger partial charge in [0.15, 0.2) is 5.69 Å². The van der Waals surface area contributed by atoms with E-state index in [1.165, 1.54) is 0 Å². The van der Waals surface area contributed by atoms with Gasteiger partial charge in [0.2, 0.25) is 5.91 Å². The van der Waals surface area contributed by atoms with Crippen molar-refractivity contribution in [3.63, 3.8) is 0 Å². The van der Waals surface area contributed by atoms with Crippen molar-refractivity contribution >= 4 is 22.7 Å². The molecular formula is C24H26N4O3. The number of hydrogen-bond acceptors (Lipinski definition) is 4. The lowest BCUT2D eigenvalue weighted by atomic mass is 9.71. The number of β-lactam (4-membered cyclic amide) rings is 1. The number of carbonyl (C=O) groups is 2. The molecule has 7 heteroatoms. The quantitative estimate of drug-likeness (QED) is 0.611. The Labute approximate surface area is 181 Å². The summed E-state index contributed by atoms with van der Waals surface area (Å²) in [6.07, 6.45) is 1.42. The van der Waals surface area contributed by atoms with E-state index in [2.05, 4.69) is 5.10 Å². The molecule has 3 heterocycles. The zero-order valence-corrected chi connectivity index (χ0v) is 17.9. The minimum absolute atomic E-state index is 0.0477. The van der Waals surface area contributed by atoms with Crippen LogP contribution in [0.5, 0.6) is 5.75 Å². The Morgan fingerprint density at radius 1 is 1.10 bits per heavy atom. The number of para-hydroxylation sites is 1. The van der Waals surface area contributed by atoms with Gasteiger partial charge in [0, 0.05) is 38.6 Å². The predicted molar refractivity (Wildman–Crippen MR) is 117 cm³/mol. The monoisotopic (exact) mass is 418 g/mol. The van der Waals surface area contributed by atoms with Crippen LogP contribution in [0.3, 0.4) is 0 Å². The summed E-state index contributed by atoms with van der Waals surface area (Å²) >= 11 is 0. The van der Waals surface area contributed by atoms with E-state index in [9.17, 15) is 9.59 Å². The first-order valence-corrected chi connectivity index (χ1v) is 10.6. The molecule has 2 amide bonds. The SMILES string of the molecule is COc1ccc(CN2CC3(CCN(C(=O)c4nn(C)c5ccccc45)CC3)C2=O)cc1. The lowest BCUT2D eigenvalue weighted by Crippen LogP contribution is -2.64. The standard InChI is InChI=1S/C24H26N4O3/c1-26-20-6-4-3-5-19(20)21(25-26)22(29)27-13-11-24(12-14-27)16-28(23(24)30)15-17-7-9-18(31-2)10-8-17/h3-10H,11-16H2,1-2H3. The molecule has 1 aromatic heterocycles. The highest BCUT2D eigenvalue weighted by molar-refractivity contribution is 6.05. The smallest absolute Gasteiger partial charge is 0.275 e. The van der Waals surface area contributed by atoms with Gasteiger partial charge in [-0.2, -0.15) is 5.10 Å². The van der Waals surface area contributed by atoms with E-state index in [0.29, 0.717) is 38.2 Å². The number of aromatic nitrogens is 2. The number of carbonyl (C=O) groups excluding carboxylic acids is 2. The highest BCUT2D eigenvalue weighted by Gasteiger charge is 2.53. The third kappa shape index (κ3) is 3.24. The molecule has 31 heavy (non-hydrogen) atoms. The van der Waals surface area contributed by atoms with E-state index < -0.39 is 0 Å². The molecule has 0 N–H and O–H groups in total. The van der Waals surface area contributed by atoms with E-state index in [4.69, 9.17) is 4.74 Å². The van der Waals surface area contributed by atoms with Crippen molar-refractivity contribution in [1.82, 2.24) is 19.6 Å². The topological polar surface area (TPSA) is 67.7 Å². The maximum Gasteiger partial charge on any atom is 0.275 e. The number of aryl methyl sites for hydroxylation is 1. The Morgan fingerprint density at radius 3 is 2.48 bits per heavy atom. The van der Waals surface area contributed by atoms with E-state index >= 15 is 0 Å². The van der Waals surface area contributed by atoms with Gasteiger partial charge in [-0.25, -0.2) is 0 Å². The molecule has 0 saturated carbocycles. The minimum atomic E-state index is -0.310. The Bertz CT molecular complexity index is 1140. The van der Waals surface area contributed by atoms with Crippen molar-refractivity contribution in [2.75, 3.05) is 26.7 Å². The molecule has 2 aromatic carbocycles. The van der Waals surface area contributed by atoms with Crippen molar-refractivity contribution in [2.45, 2.75) is 19.4 Å². The van der Waals surface area contributed by atoms with Crippen LogP contribution in [0.1, 0.15) is 28.9 Å². The zero-order valence-electron chi connectivity index (χ0n) is 17.9. The number of ether oxygens (including phenoxy) is 1. The molecule has 7 nitrogen and oxygen atoms in total. The summed E-state index contributed by atoms with van der Waals surface area (Å²) in [5.74, 6) is 0.972. The average Bonchev–Trinajstić information content (AvgIpc) is 3.15. The molecule has 1 spiro atoms. The van der Waals surface area contributed by atoms with Crippen LogP contribution in [0, 0.1) is 5.41 Å². The first kappa shape index (κ1) is 19.6. The highest BCUT2D eigenvalue weighted by atomic mass is 16.5. The molecule has 160 valence electrons. The van der Waals surface area contributed by atoms with Gasteiger partial charge in [0.25, 0.3) is 5.91 Å². The van der Waals surface area contributed by atoms with Gasteiger partial charge in [0.1, 0.15) is 5.75 Å². The number of nitrogens with zero attached hydrogens (tertiary/aromatic N) is 4. The maximum atomic E-state index is 13.1. The van der Waals surface area contributed by atoms with Crippen LogP contribution in [0.25, 0.3) is 10.9 Å². The normalized spacial score (nSPS) is 17.8. The molecule has 5 rings (SSSR count). The fraction of sp³-hybridized carbons (Fsp3) is 0.375. The third-order valence-electron chi connectivity index (χ3n) is 6.74. The van der Waals surface area contributed by atoms with Crippen LogP contribution in [-0.4, -0.2) is 58.1 Å². The first-order chi connectivity index (χ1) is 15.0. The van der Waals surface area contributed by atoms with Gasteiger partial charge in [-0.1, -0.05) is 30.3 Å². The fourth-order valence-electron chi connectivity index (χ4n) is 4.86. The summed E-state index contributed by atoms with van der Waals surface area (Å²) in [5.41, 5.74) is 2.23. The number of piperidine rings is 1. The van der Waals surface area contributed by atoms with Crippen LogP contribution in [0.2, 0.25) is 0 Å². The number of amides is 2. The van der Waals surface area contributed by atoms with Gasteiger partial charge < -0.3 is 14.5 Å². The summed E-state index contributed by atoms with van der Waals surface area (Å²) in [4.78, 5) is 29.9. The molecule has 2 fully saturated rings. The van der Waals surface area contributed by atoms with Gasteiger partial charge in [0.05, 0.1) is 18.0 Å². The molecule has 0 radical (unpaired) electrons. The molecule has 2 aliphatic heterocycles. The van der Waals surface area contributed by atoms with Crippen LogP contribution >= 0.6 is 0 Å². The van der Waals surface area contributed by atoms with Gasteiger partial charge in [-0.05, 0) is 36.6 Å². The summed E-state index contributed by atoms with van der Waals surface area (Å²) in [7, 11) is 3.50. The second-order valence-corrected chi connectivity index (χ2v) is 8.57. The molecule has 0 atom stereocenters. The third-order valence-corrected chi connectivity index (χ3v) is 6.74. The Morgan fingerprint density at radius 2 is 1.81 bits per heavy atom. The number of methoxy groups -OCH3 is 1. The fourth-order valence-corrected chi connectivity index (χ4v) is 4.86. The van der Waals surface area contributed by atoms with Crippen molar-refractivity contribution in [3.05, 3.63) is 59.8 Å². The summed E-state index contributed by atoms with van der Waals surface area (Å²) in [6.45, 7) is 2.55. The number of hydrogen-bond donors (Lipinski definition) is 0. The van der Waals surface area contributed by atoms with Crippen molar-refractivity contribution in [2.24, 2.45) is 12.5 Å². The van der Waals surface area contributed by atoms with Crippen LogP contribution in [0.4, 0.5) is 0 Å². The van der Waals surface area contributed by atoms with Crippen LogP contribution in [-0.2, 0) is 18.4 Å². The Hall–Kier alpha value is -3.35. The number of benzene rings is 2. The maximum absolute atomic E-state index is 13.1. The van der Waals surface area contributed by atoms with E-state index in [1.54, 1.807) is 11.8 Å². The van der Waals surface area contributed by atoms with Gasteiger partial charge in [-0.3, -0.25) is 14.3 Å². The summed E-state index contributed by atoms with van der Waals surface area (Å²) < 4.78 is 6.94. The molecule has 0 unspecified atom stereocenters. The second kappa shape index (κ2) is 7.41. The number of rotatable bonds is 4. The van der Waals surface area contributed by atoms with Crippen molar-refractivity contribution in [3.8, 4) is 5.75 Å². The van der Waals surface area contributed by atoms with Crippen LogP contribution < -0.4 is 4.74 Å². The van der Waals surface area contributed by atoms with E-state index in [0.717, 1.165) is 28.8 Å². The highest BCUT2D eigenvalue weighted by Crippen LogP contribution is 2.42. The molecular weight excluding hydrogens is 392 g/mol. The zero-order chi connectivity index (χ0) is 21.6.